The number of methoxy groups -OCH3 is 1. The summed E-state index contributed by atoms with van der Waals surface area (Å²) in [5.41, 5.74) is 5.00. The third-order valence-corrected chi connectivity index (χ3v) is 9.50. The lowest BCUT2D eigenvalue weighted by molar-refractivity contribution is -0.125. The molecule has 5 aromatic rings. The van der Waals surface area contributed by atoms with Crippen LogP contribution in [0.2, 0.25) is 0 Å². The van der Waals surface area contributed by atoms with Crippen LogP contribution in [0.25, 0.3) is 44.3 Å². The Bertz CT molecular complexity index is 2040. The number of pyridine rings is 1. The van der Waals surface area contributed by atoms with Gasteiger partial charge in [0.05, 0.1) is 65.5 Å². The number of amides is 1. The van der Waals surface area contributed by atoms with Gasteiger partial charge in [0.15, 0.2) is 0 Å². The number of rotatable bonds is 6. The van der Waals surface area contributed by atoms with Gasteiger partial charge in [-0.1, -0.05) is 6.07 Å². The number of aryl methyl sites for hydroxylation is 2. The molecule has 11 nitrogen and oxygen atoms in total. The SMILES string of the molecule is [2H]C([2H])([2H])n1ncc2cc(-c3c(-c4cnn(C)c4)[nH]c4ncc5c(c34)C3(CCN([C@@](C)(CC#N)COC)CC3)C(=O)N5C)ccc21. The van der Waals surface area contributed by atoms with E-state index in [0.29, 0.717) is 55.5 Å². The average Bonchev–Trinajstić information content (AvgIpc) is 3.78. The van der Waals surface area contributed by atoms with Crippen molar-refractivity contribution in [3.63, 3.8) is 0 Å². The van der Waals surface area contributed by atoms with Crippen LogP contribution in [0.4, 0.5) is 5.69 Å². The predicted octanol–water partition coefficient (Wildman–Crippen LogP) is 4.15. The number of hydrogen-bond donors (Lipinski definition) is 1. The molecule has 1 saturated heterocycles. The van der Waals surface area contributed by atoms with Crippen LogP contribution in [-0.2, 0) is 29.0 Å². The number of piperidine rings is 1. The molecule has 1 fully saturated rings. The zero-order chi connectivity index (χ0) is 32.6. The van der Waals surface area contributed by atoms with E-state index in [0.717, 1.165) is 43.7 Å². The number of nitriles is 1. The molecule has 0 saturated carbocycles. The molecule has 2 aliphatic heterocycles. The number of aromatic amines is 1. The number of carbonyl (C=O) groups excluding carboxylic acids is 1. The van der Waals surface area contributed by atoms with Crippen LogP contribution >= 0.6 is 0 Å². The van der Waals surface area contributed by atoms with E-state index >= 15 is 0 Å². The van der Waals surface area contributed by atoms with Crippen LogP contribution in [0.1, 0.15) is 35.9 Å². The summed E-state index contributed by atoms with van der Waals surface area (Å²) in [6, 6.07) is 7.95. The van der Waals surface area contributed by atoms with E-state index in [2.05, 4.69) is 26.2 Å². The number of carbonyl (C=O) groups is 1. The minimum absolute atomic E-state index is 0.0367. The largest absolute Gasteiger partial charge is 0.383 e. The second kappa shape index (κ2) is 9.76. The topological polar surface area (TPSA) is 121 Å². The van der Waals surface area contributed by atoms with Crippen LogP contribution in [-0.4, -0.2) is 79.7 Å². The summed E-state index contributed by atoms with van der Waals surface area (Å²) in [7, 11) is 5.32. The van der Waals surface area contributed by atoms with Crippen molar-refractivity contribution in [2.45, 2.75) is 37.1 Å². The smallest absolute Gasteiger partial charge is 0.237 e. The number of nitrogens with zero attached hydrogens (tertiary/aromatic N) is 8. The second-order valence-electron chi connectivity index (χ2n) is 12.0. The predicted molar refractivity (Wildman–Crippen MR) is 164 cm³/mol. The van der Waals surface area contributed by atoms with Crippen molar-refractivity contribution in [3.8, 4) is 28.5 Å². The molecule has 0 bridgehead atoms. The van der Waals surface area contributed by atoms with Crippen molar-refractivity contribution in [2.75, 3.05) is 38.8 Å². The number of likely N-dealkylation sites (N-methyl/N-ethyl adjacent to an activating group) is 1. The van der Waals surface area contributed by atoms with Crippen molar-refractivity contribution in [1.29, 1.82) is 5.26 Å². The maximum atomic E-state index is 14.3. The van der Waals surface area contributed by atoms with Crippen molar-refractivity contribution in [1.82, 2.24) is 34.4 Å². The Morgan fingerprint density at radius 1 is 1.19 bits per heavy atom. The fourth-order valence-electron chi connectivity index (χ4n) is 7.29. The molecule has 0 unspecified atom stereocenters. The van der Waals surface area contributed by atoms with Gasteiger partial charge in [-0.05, 0) is 37.5 Å². The molecule has 11 heteroatoms. The van der Waals surface area contributed by atoms with Gasteiger partial charge in [0.25, 0.3) is 0 Å². The number of aromatic nitrogens is 6. The summed E-state index contributed by atoms with van der Waals surface area (Å²) in [5.74, 6) is 0.0367. The monoisotopic (exact) mass is 580 g/mol. The highest BCUT2D eigenvalue weighted by Gasteiger charge is 2.54. The molecular formula is C32H35N9O2. The number of likely N-dealkylation sites (tertiary alicyclic amines) is 1. The summed E-state index contributed by atoms with van der Waals surface area (Å²) in [6.45, 7) is 1.31. The summed E-state index contributed by atoms with van der Waals surface area (Å²) < 4.78 is 32.0. The molecule has 1 aromatic carbocycles. The Labute approximate surface area is 253 Å². The summed E-state index contributed by atoms with van der Waals surface area (Å²) in [5, 5.41) is 19.7. The Morgan fingerprint density at radius 3 is 2.70 bits per heavy atom. The molecule has 1 atom stereocenters. The minimum Gasteiger partial charge on any atom is -0.383 e. The van der Waals surface area contributed by atoms with Crippen molar-refractivity contribution >= 4 is 33.5 Å². The number of ether oxygens (including phenoxy) is 1. The molecule has 6 heterocycles. The van der Waals surface area contributed by atoms with Gasteiger partial charge in [0.2, 0.25) is 5.91 Å². The lowest BCUT2D eigenvalue weighted by atomic mass is 9.71. The highest BCUT2D eigenvalue weighted by molar-refractivity contribution is 6.16. The van der Waals surface area contributed by atoms with Crippen LogP contribution in [0, 0.1) is 11.3 Å². The first-order valence-corrected chi connectivity index (χ1v) is 14.3. The summed E-state index contributed by atoms with van der Waals surface area (Å²) in [6.07, 6.45) is 8.53. The van der Waals surface area contributed by atoms with E-state index in [1.807, 2.05) is 39.3 Å². The van der Waals surface area contributed by atoms with E-state index in [1.54, 1.807) is 41.3 Å². The maximum Gasteiger partial charge on any atom is 0.237 e. The molecule has 1 N–H and O–H groups in total. The van der Waals surface area contributed by atoms with Gasteiger partial charge < -0.3 is 14.6 Å². The van der Waals surface area contributed by atoms with Gasteiger partial charge in [-0.3, -0.25) is 19.1 Å². The number of H-pyrrole nitrogens is 1. The van der Waals surface area contributed by atoms with Crippen molar-refractivity contribution in [3.05, 3.63) is 48.5 Å². The highest BCUT2D eigenvalue weighted by atomic mass is 16.5. The third kappa shape index (κ3) is 3.93. The molecule has 1 amide bonds. The number of nitrogens with one attached hydrogen (secondary N) is 1. The molecular weight excluding hydrogens is 542 g/mol. The standard InChI is InChI=1S/C32H35N9O2/c1-31(8-11-33,19-43-5)41-12-9-32(10-13-41)27-24(39(3)30(32)42)17-34-29-26(27)25(28(37-29)22-16-35-38(2)18-22)20-6-7-23-21(14-20)15-36-40(23)4/h6-7,14-18H,8-10,12-13,19H2,1-5H3,(H,34,37)/t31-/m0/s1/i4D3. The molecule has 0 aliphatic carbocycles. The summed E-state index contributed by atoms with van der Waals surface area (Å²) >= 11 is 0. The van der Waals surface area contributed by atoms with E-state index in [-0.39, 0.29) is 5.91 Å². The first-order valence-electron chi connectivity index (χ1n) is 15.8. The fourth-order valence-corrected chi connectivity index (χ4v) is 7.29. The molecule has 7 rings (SSSR count). The van der Waals surface area contributed by atoms with Crippen LogP contribution < -0.4 is 4.90 Å². The second-order valence-corrected chi connectivity index (χ2v) is 12.0. The molecule has 0 radical (unpaired) electrons. The normalized spacial score (nSPS) is 19.4. The highest BCUT2D eigenvalue weighted by Crippen LogP contribution is 2.54. The van der Waals surface area contributed by atoms with E-state index in [1.165, 1.54) is 0 Å². The zero-order valence-corrected chi connectivity index (χ0v) is 24.7. The van der Waals surface area contributed by atoms with E-state index < -0.39 is 17.9 Å². The van der Waals surface area contributed by atoms with Crippen LogP contribution in [0.5, 0.6) is 0 Å². The Kier molecular flexibility index (Phi) is 5.44. The van der Waals surface area contributed by atoms with E-state index in [4.69, 9.17) is 13.8 Å². The van der Waals surface area contributed by atoms with Crippen molar-refractivity contribution in [2.24, 2.45) is 14.0 Å². The first-order chi connectivity index (χ1) is 21.9. The number of anilines is 1. The first kappa shape index (κ1) is 24.0. The average molecular weight is 581 g/mol. The number of hydrogen-bond acceptors (Lipinski definition) is 7. The van der Waals surface area contributed by atoms with Gasteiger partial charge in [-0.2, -0.15) is 15.5 Å². The lowest BCUT2D eigenvalue weighted by Gasteiger charge is -2.46. The minimum atomic E-state index is -2.41. The molecule has 43 heavy (non-hydrogen) atoms. The Morgan fingerprint density at radius 2 is 2.00 bits per heavy atom. The van der Waals surface area contributed by atoms with Gasteiger partial charge in [0.1, 0.15) is 5.65 Å². The third-order valence-electron chi connectivity index (χ3n) is 9.50. The lowest BCUT2D eigenvalue weighted by Crippen LogP contribution is -2.56. The van der Waals surface area contributed by atoms with Crippen LogP contribution in [0.3, 0.4) is 0 Å². The zero-order valence-electron chi connectivity index (χ0n) is 27.7. The Balaban J connectivity index is 1.44. The quantitative estimate of drug-likeness (QED) is 0.320. The van der Waals surface area contributed by atoms with Crippen molar-refractivity contribution < 1.29 is 13.6 Å². The molecule has 1 spiro atoms. The number of benzene rings is 1. The van der Waals surface area contributed by atoms with Gasteiger partial charge in [-0.15, -0.1) is 0 Å². The van der Waals surface area contributed by atoms with Gasteiger partial charge in [0, 0.05) is 79.0 Å². The van der Waals surface area contributed by atoms with Crippen LogP contribution in [0.15, 0.2) is 43.0 Å². The summed E-state index contributed by atoms with van der Waals surface area (Å²) in [4.78, 5) is 26.7. The van der Waals surface area contributed by atoms with Gasteiger partial charge in [-0.25, -0.2) is 4.98 Å². The molecule has 4 aromatic heterocycles. The number of fused-ring (bicyclic) bond motifs is 5. The van der Waals surface area contributed by atoms with E-state index in [9.17, 15) is 10.1 Å². The fraction of sp³-hybridized carbons (Fsp3) is 0.406. The maximum absolute atomic E-state index is 14.3. The molecule has 2 aliphatic rings. The molecule has 220 valence electrons. The Hall–Kier alpha value is -4.53. The van der Waals surface area contributed by atoms with Gasteiger partial charge >= 0.3 is 0 Å².